The summed E-state index contributed by atoms with van der Waals surface area (Å²) in [4.78, 5) is 1.33. The molecule has 2 atom stereocenters. The summed E-state index contributed by atoms with van der Waals surface area (Å²) in [6, 6.07) is 11.0. The number of ether oxygens (including phenoxy) is 1. The lowest BCUT2D eigenvalue weighted by Crippen LogP contribution is -2.27. The summed E-state index contributed by atoms with van der Waals surface area (Å²) in [5.74, 6) is 5.75. The molecule has 2 unspecified atom stereocenters. The minimum absolute atomic E-state index is 0.258. The van der Waals surface area contributed by atoms with Crippen LogP contribution >= 0.6 is 11.3 Å². The summed E-state index contributed by atoms with van der Waals surface area (Å²) in [7, 11) is 0. The number of fused-ring (bicyclic) bond motifs is 1. The Bertz CT molecular complexity index is 515. The van der Waals surface area contributed by atoms with E-state index < -0.39 is 0 Å². The minimum Gasteiger partial charge on any atom is -0.378 e. The SMILES string of the molecule is NNC(CCCC1CCCO1)c1cc2ccccc2s1. The largest absolute Gasteiger partial charge is 0.378 e. The van der Waals surface area contributed by atoms with E-state index >= 15 is 0 Å². The molecular formula is C16H22N2OS. The zero-order valence-corrected chi connectivity index (χ0v) is 12.5. The van der Waals surface area contributed by atoms with Gasteiger partial charge in [0, 0.05) is 16.2 Å². The van der Waals surface area contributed by atoms with Crippen LogP contribution in [0.3, 0.4) is 0 Å². The molecule has 3 rings (SSSR count). The van der Waals surface area contributed by atoms with Gasteiger partial charge in [-0.25, -0.2) is 0 Å². The Morgan fingerprint density at radius 1 is 1.40 bits per heavy atom. The summed E-state index contributed by atoms with van der Waals surface area (Å²) in [5.41, 5.74) is 2.97. The van der Waals surface area contributed by atoms with Gasteiger partial charge in [0.05, 0.1) is 12.1 Å². The highest BCUT2D eigenvalue weighted by atomic mass is 32.1. The molecule has 4 heteroatoms. The molecule has 1 aromatic carbocycles. The van der Waals surface area contributed by atoms with Crippen LogP contribution in [0.25, 0.3) is 10.1 Å². The van der Waals surface area contributed by atoms with Gasteiger partial charge in [-0.05, 0) is 49.6 Å². The highest BCUT2D eigenvalue weighted by Crippen LogP contribution is 2.32. The second kappa shape index (κ2) is 6.68. The van der Waals surface area contributed by atoms with E-state index in [2.05, 4.69) is 35.8 Å². The Hall–Kier alpha value is -0.940. The molecule has 1 saturated heterocycles. The maximum absolute atomic E-state index is 5.75. The molecule has 3 nitrogen and oxygen atoms in total. The van der Waals surface area contributed by atoms with Gasteiger partial charge in [-0.15, -0.1) is 11.3 Å². The Morgan fingerprint density at radius 3 is 3.05 bits per heavy atom. The van der Waals surface area contributed by atoms with Gasteiger partial charge < -0.3 is 4.74 Å². The quantitative estimate of drug-likeness (QED) is 0.629. The summed E-state index contributed by atoms with van der Waals surface area (Å²) in [6.45, 7) is 0.944. The summed E-state index contributed by atoms with van der Waals surface area (Å²) >= 11 is 1.84. The van der Waals surface area contributed by atoms with Crippen molar-refractivity contribution in [2.75, 3.05) is 6.61 Å². The molecule has 1 aliphatic rings. The van der Waals surface area contributed by atoms with Crippen LogP contribution in [-0.2, 0) is 4.74 Å². The zero-order valence-electron chi connectivity index (χ0n) is 11.7. The predicted octanol–water partition coefficient (Wildman–Crippen LogP) is 3.76. The molecule has 20 heavy (non-hydrogen) atoms. The number of hydrazine groups is 1. The number of benzene rings is 1. The van der Waals surface area contributed by atoms with Crippen molar-refractivity contribution in [3.05, 3.63) is 35.2 Å². The average Bonchev–Trinajstić information content (AvgIpc) is 3.12. The maximum atomic E-state index is 5.75. The molecule has 0 saturated carbocycles. The Balaban J connectivity index is 1.60. The number of nitrogens with two attached hydrogens (primary N) is 1. The Morgan fingerprint density at radius 2 is 2.30 bits per heavy atom. The molecule has 1 fully saturated rings. The molecule has 0 radical (unpaired) electrons. The third-order valence-corrected chi connectivity index (χ3v) is 5.26. The number of nitrogens with one attached hydrogen (secondary N) is 1. The minimum atomic E-state index is 0.258. The molecule has 0 amide bonds. The molecule has 0 spiro atoms. The normalized spacial score (nSPS) is 20.6. The van der Waals surface area contributed by atoms with E-state index in [-0.39, 0.29) is 6.04 Å². The molecule has 2 aromatic rings. The van der Waals surface area contributed by atoms with E-state index in [0.29, 0.717) is 6.10 Å². The average molecular weight is 290 g/mol. The summed E-state index contributed by atoms with van der Waals surface area (Å²) in [5, 5.41) is 1.31. The number of thiophene rings is 1. The van der Waals surface area contributed by atoms with Crippen molar-refractivity contribution in [2.45, 2.75) is 44.2 Å². The van der Waals surface area contributed by atoms with Gasteiger partial charge in [0.25, 0.3) is 0 Å². The van der Waals surface area contributed by atoms with Crippen molar-refractivity contribution in [1.29, 1.82) is 0 Å². The molecule has 108 valence electrons. The van der Waals surface area contributed by atoms with E-state index in [1.165, 1.54) is 27.8 Å². The van der Waals surface area contributed by atoms with Crippen molar-refractivity contribution in [2.24, 2.45) is 5.84 Å². The monoisotopic (exact) mass is 290 g/mol. The summed E-state index contributed by atoms with van der Waals surface area (Å²) < 4.78 is 7.01. The highest BCUT2D eigenvalue weighted by Gasteiger charge is 2.17. The highest BCUT2D eigenvalue weighted by molar-refractivity contribution is 7.19. The first-order valence-corrected chi connectivity index (χ1v) is 8.24. The first-order valence-electron chi connectivity index (χ1n) is 7.43. The van der Waals surface area contributed by atoms with Gasteiger partial charge in [0.15, 0.2) is 0 Å². The number of hydrogen-bond donors (Lipinski definition) is 2. The van der Waals surface area contributed by atoms with Crippen molar-refractivity contribution in [3.8, 4) is 0 Å². The fourth-order valence-electron chi connectivity index (χ4n) is 2.90. The van der Waals surface area contributed by atoms with Crippen LogP contribution in [0.1, 0.15) is 43.0 Å². The zero-order chi connectivity index (χ0) is 13.8. The van der Waals surface area contributed by atoms with E-state index in [1.54, 1.807) is 0 Å². The van der Waals surface area contributed by atoms with Crippen molar-refractivity contribution in [3.63, 3.8) is 0 Å². The van der Waals surface area contributed by atoms with Gasteiger partial charge in [-0.1, -0.05) is 18.2 Å². The molecule has 2 heterocycles. The first-order chi connectivity index (χ1) is 9.86. The van der Waals surface area contributed by atoms with Crippen LogP contribution in [0.5, 0.6) is 0 Å². The van der Waals surface area contributed by atoms with Gasteiger partial charge in [0.2, 0.25) is 0 Å². The predicted molar refractivity (Wildman–Crippen MR) is 84.7 cm³/mol. The van der Waals surface area contributed by atoms with E-state index in [9.17, 15) is 0 Å². The second-order valence-corrected chi connectivity index (χ2v) is 6.59. The van der Waals surface area contributed by atoms with Crippen LogP contribution < -0.4 is 11.3 Å². The van der Waals surface area contributed by atoms with E-state index in [0.717, 1.165) is 25.9 Å². The molecule has 1 aliphatic heterocycles. The van der Waals surface area contributed by atoms with Gasteiger partial charge in [-0.2, -0.15) is 0 Å². The number of rotatable bonds is 6. The smallest absolute Gasteiger partial charge is 0.0576 e. The van der Waals surface area contributed by atoms with Crippen molar-refractivity contribution >= 4 is 21.4 Å². The lowest BCUT2D eigenvalue weighted by atomic mass is 10.0. The summed E-state index contributed by atoms with van der Waals surface area (Å²) in [6.07, 6.45) is 6.32. The van der Waals surface area contributed by atoms with Crippen LogP contribution in [0.15, 0.2) is 30.3 Å². The number of hydrogen-bond acceptors (Lipinski definition) is 4. The third-order valence-electron chi connectivity index (χ3n) is 4.03. The van der Waals surface area contributed by atoms with Gasteiger partial charge >= 0.3 is 0 Å². The Kier molecular flexibility index (Phi) is 4.68. The third kappa shape index (κ3) is 3.20. The van der Waals surface area contributed by atoms with Gasteiger partial charge in [-0.3, -0.25) is 11.3 Å². The molecular weight excluding hydrogens is 268 g/mol. The van der Waals surface area contributed by atoms with Crippen molar-refractivity contribution < 1.29 is 4.74 Å². The molecule has 0 aliphatic carbocycles. The van der Waals surface area contributed by atoms with Crippen LogP contribution in [0, 0.1) is 0 Å². The van der Waals surface area contributed by atoms with E-state index in [1.807, 2.05) is 11.3 Å². The molecule has 3 N–H and O–H groups in total. The standard InChI is InChI=1S/C16H22N2OS/c17-18-14(8-3-6-13-7-4-10-19-13)16-11-12-5-1-2-9-15(12)20-16/h1-2,5,9,11,13-14,18H,3-4,6-8,10,17H2. The van der Waals surface area contributed by atoms with Gasteiger partial charge in [0.1, 0.15) is 0 Å². The first kappa shape index (κ1) is 14.0. The Labute approximate surface area is 124 Å². The lowest BCUT2D eigenvalue weighted by molar-refractivity contribution is 0.101. The second-order valence-electron chi connectivity index (χ2n) is 5.47. The van der Waals surface area contributed by atoms with Crippen LogP contribution in [-0.4, -0.2) is 12.7 Å². The lowest BCUT2D eigenvalue weighted by Gasteiger charge is -2.15. The van der Waals surface area contributed by atoms with Crippen molar-refractivity contribution in [1.82, 2.24) is 5.43 Å². The van der Waals surface area contributed by atoms with Crippen LogP contribution in [0.2, 0.25) is 0 Å². The van der Waals surface area contributed by atoms with Crippen LogP contribution in [0.4, 0.5) is 0 Å². The fraction of sp³-hybridized carbons (Fsp3) is 0.500. The molecule has 1 aromatic heterocycles. The van der Waals surface area contributed by atoms with E-state index in [4.69, 9.17) is 10.6 Å². The maximum Gasteiger partial charge on any atom is 0.0576 e. The topological polar surface area (TPSA) is 47.3 Å². The molecule has 0 bridgehead atoms. The fourth-order valence-corrected chi connectivity index (χ4v) is 4.06.